The maximum atomic E-state index is 14.7. The molecule has 1 aromatic carbocycles. The number of hydrogen-bond donors (Lipinski definition) is 2. The zero-order valence-electron chi connectivity index (χ0n) is 14.5. The molecule has 4 rings (SSSR count). The van der Waals surface area contributed by atoms with Crippen molar-refractivity contribution >= 4 is 22.9 Å². The summed E-state index contributed by atoms with van der Waals surface area (Å²) in [6.45, 7) is 5.01. The number of benzene rings is 1. The highest BCUT2D eigenvalue weighted by molar-refractivity contribution is 7.17. The van der Waals surface area contributed by atoms with E-state index in [1.165, 1.54) is 11.3 Å². The smallest absolute Gasteiger partial charge is 0.267 e. The van der Waals surface area contributed by atoms with E-state index < -0.39 is 0 Å². The number of thiazole rings is 1. The van der Waals surface area contributed by atoms with E-state index >= 15 is 0 Å². The number of nitrogens with zero attached hydrogens (tertiary/aromatic N) is 1. The van der Waals surface area contributed by atoms with Crippen molar-refractivity contribution in [2.24, 2.45) is 0 Å². The molecule has 1 amide bonds. The van der Waals surface area contributed by atoms with Gasteiger partial charge in [0.25, 0.3) is 5.91 Å². The fraction of sp³-hybridized carbons (Fsp3) is 0.263. The number of nitrogens with one attached hydrogen (secondary N) is 2. The third-order valence-electron chi connectivity index (χ3n) is 4.41. The summed E-state index contributed by atoms with van der Waals surface area (Å²) in [6.07, 6.45) is 0.618. The minimum absolute atomic E-state index is 0.207. The molecule has 7 heteroatoms. The molecule has 1 aliphatic rings. The van der Waals surface area contributed by atoms with Gasteiger partial charge in [0, 0.05) is 6.54 Å². The lowest BCUT2D eigenvalue weighted by Gasteiger charge is -2.19. The average Bonchev–Trinajstić information content (AvgIpc) is 3.23. The zero-order valence-corrected chi connectivity index (χ0v) is 15.3. The Balaban J connectivity index is 1.60. The first-order valence-corrected chi connectivity index (χ1v) is 9.21. The maximum Gasteiger partial charge on any atom is 0.267 e. The highest BCUT2D eigenvalue weighted by atomic mass is 32.1. The van der Waals surface area contributed by atoms with Crippen molar-refractivity contribution in [3.8, 4) is 10.8 Å². The molecule has 3 aromatic rings. The first kappa shape index (κ1) is 16.9. The number of aryl methyl sites for hydroxylation is 2. The van der Waals surface area contributed by atoms with Gasteiger partial charge in [-0.1, -0.05) is 6.07 Å². The van der Waals surface area contributed by atoms with Crippen LogP contribution < -0.4 is 10.6 Å². The van der Waals surface area contributed by atoms with E-state index in [-0.39, 0.29) is 17.4 Å². The molecule has 1 aliphatic heterocycles. The molecule has 5 nitrogen and oxygen atoms in total. The number of anilines is 1. The Labute approximate surface area is 154 Å². The van der Waals surface area contributed by atoms with Gasteiger partial charge in [0.05, 0.1) is 11.4 Å². The molecule has 0 radical (unpaired) electrons. The summed E-state index contributed by atoms with van der Waals surface area (Å²) in [5.74, 6) is 0.704. The minimum atomic E-state index is -0.359. The topological polar surface area (TPSA) is 67.2 Å². The van der Waals surface area contributed by atoms with Gasteiger partial charge in [-0.15, -0.1) is 11.3 Å². The number of furan rings is 1. The minimum Gasteiger partial charge on any atom is -0.459 e. The summed E-state index contributed by atoms with van der Waals surface area (Å²) < 4.78 is 20.3. The summed E-state index contributed by atoms with van der Waals surface area (Å²) in [4.78, 5) is 17.5. The fourth-order valence-corrected chi connectivity index (χ4v) is 3.99. The fourth-order valence-electron chi connectivity index (χ4n) is 3.07. The lowest BCUT2D eigenvalue weighted by Crippen LogP contribution is -2.25. The van der Waals surface area contributed by atoms with Crippen molar-refractivity contribution in [3.05, 3.63) is 57.5 Å². The summed E-state index contributed by atoms with van der Waals surface area (Å²) in [7, 11) is 0. The van der Waals surface area contributed by atoms with Crippen molar-refractivity contribution < 1.29 is 13.6 Å². The maximum absolute atomic E-state index is 14.7. The Morgan fingerprint density at radius 2 is 2.15 bits per heavy atom. The largest absolute Gasteiger partial charge is 0.459 e. The molecular formula is C19H18FN3O2S. The van der Waals surface area contributed by atoms with Crippen LogP contribution in [0, 0.1) is 19.7 Å². The highest BCUT2D eigenvalue weighted by Crippen LogP contribution is 2.31. The third-order valence-corrected chi connectivity index (χ3v) is 5.58. The quantitative estimate of drug-likeness (QED) is 0.729. The Bertz CT molecular complexity index is 993. The summed E-state index contributed by atoms with van der Waals surface area (Å²) >= 11 is 1.24. The molecule has 2 aromatic heterocycles. The highest BCUT2D eigenvalue weighted by Gasteiger charge is 2.21. The molecule has 134 valence electrons. The Hall–Kier alpha value is -2.51. The lowest BCUT2D eigenvalue weighted by atomic mass is 9.99. The molecule has 3 heterocycles. The van der Waals surface area contributed by atoms with E-state index in [2.05, 4.69) is 15.6 Å². The summed E-state index contributed by atoms with van der Waals surface area (Å²) in [6, 6.07) is 7.15. The molecule has 0 unspecified atom stereocenters. The number of halogens is 1. The molecule has 0 atom stereocenters. The normalized spacial score (nSPS) is 13.5. The number of rotatable bonds is 3. The van der Waals surface area contributed by atoms with Crippen LogP contribution >= 0.6 is 11.3 Å². The third kappa shape index (κ3) is 3.04. The average molecular weight is 371 g/mol. The number of carbonyl (C=O) groups excluding carboxylic acids is 1. The van der Waals surface area contributed by atoms with Crippen molar-refractivity contribution in [2.45, 2.75) is 26.8 Å². The van der Waals surface area contributed by atoms with E-state index in [1.807, 2.05) is 25.1 Å². The molecule has 0 spiro atoms. The first-order chi connectivity index (χ1) is 12.5. The SMILES string of the molecule is Cc1ccc(-c2nc(C)c(C(=O)Nc3ccc4c(c3F)CCNC4)s2)o1. The van der Waals surface area contributed by atoms with Gasteiger partial charge in [0.15, 0.2) is 10.8 Å². The molecule has 0 saturated heterocycles. The molecule has 2 N–H and O–H groups in total. The van der Waals surface area contributed by atoms with Gasteiger partial charge < -0.3 is 15.1 Å². The van der Waals surface area contributed by atoms with Crippen molar-refractivity contribution in [1.82, 2.24) is 10.3 Å². The van der Waals surface area contributed by atoms with Gasteiger partial charge in [0.1, 0.15) is 16.5 Å². The molecule has 0 fully saturated rings. The first-order valence-electron chi connectivity index (χ1n) is 8.39. The number of carbonyl (C=O) groups is 1. The number of amides is 1. The van der Waals surface area contributed by atoms with Gasteiger partial charge >= 0.3 is 0 Å². The zero-order chi connectivity index (χ0) is 18.3. The van der Waals surface area contributed by atoms with E-state index in [4.69, 9.17) is 4.42 Å². The molecule has 0 aliphatic carbocycles. The van der Waals surface area contributed by atoms with Gasteiger partial charge in [-0.3, -0.25) is 4.79 Å². The second-order valence-corrected chi connectivity index (χ2v) is 7.29. The van der Waals surface area contributed by atoms with Crippen molar-refractivity contribution in [3.63, 3.8) is 0 Å². The standard InChI is InChI=1S/C19H18FN3O2S/c1-10-3-6-15(25-10)19-22-11(2)17(26-19)18(24)23-14-5-4-12-9-21-8-7-13(12)16(14)20/h3-6,21H,7-9H2,1-2H3,(H,23,24). The number of fused-ring (bicyclic) bond motifs is 1. The van der Waals surface area contributed by atoms with Crippen LogP contribution in [0.4, 0.5) is 10.1 Å². The number of hydrogen-bond acceptors (Lipinski definition) is 5. The van der Waals surface area contributed by atoms with E-state index in [0.717, 1.165) is 17.9 Å². The van der Waals surface area contributed by atoms with E-state index in [9.17, 15) is 9.18 Å². The lowest BCUT2D eigenvalue weighted by molar-refractivity contribution is 0.102. The van der Waals surface area contributed by atoms with Crippen LogP contribution in [0.15, 0.2) is 28.7 Å². The Morgan fingerprint density at radius 1 is 1.31 bits per heavy atom. The molecule has 26 heavy (non-hydrogen) atoms. The van der Waals surface area contributed by atoms with Crippen LogP contribution in [0.25, 0.3) is 10.8 Å². The van der Waals surface area contributed by atoms with Crippen molar-refractivity contribution in [2.75, 3.05) is 11.9 Å². The van der Waals surface area contributed by atoms with Gasteiger partial charge in [0.2, 0.25) is 0 Å². The summed E-state index contributed by atoms with van der Waals surface area (Å²) in [5, 5.41) is 6.54. The predicted molar refractivity (Wildman–Crippen MR) is 99.1 cm³/mol. The van der Waals surface area contributed by atoms with E-state index in [1.54, 1.807) is 13.0 Å². The van der Waals surface area contributed by atoms with Crippen LogP contribution in [0.2, 0.25) is 0 Å². The van der Waals surface area contributed by atoms with Crippen LogP contribution in [-0.4, -0.2) is 17.4 Å². The monoisotopic (exact) mass is 371 g/mol. The summed E-state index contributed by atoms with van der Waals surface area (Å²) in [5.41, 5.74) is 2.42. The van der Waals surface area contributed by atoms with Gasteiger partial charge in [-0.2, -0.15) is 0 Å². The van der Waals surface area contributed by atoms with Crippen LogP contribution in [-0.2, 0) is 13.0 Å². The Kier molecular flexibility index (Phi) is 4.34. The van der Waals surface area contributed by atoms with Crippen LogP contribution in [0.5, 0.6) is 0 Å². The van der Waals surface area contributed by atoms with Gasteiger partial charge in [-0.05, 0) is 56.1 Å². The second-order valence-electron chi connectivity index (χ2n) is 6.29. The second kappa shape index (κ2) is 6.66. The van der Waals surface area contributed by atoms with Gasteiger partial charge in [-0.25, -0.2) is 9.37 Å². The van der Waals surface area contributed by atoms with E-state index in [0.29, 0.717) is 39.9 Å². The van der Waals surface area contributed by atoms with Crippen LogP contribution in [0.1, 0.15) is 32.3 Å². The molecular weight excluding hydrogens is 353 g/mol. The Morgan fingerprint density at radius 3 is 2.92 bits per heavy atom. The molecule has 0 saturated carbocycles. The predicted octanol–water partition coefficient (Wildman–Crippen LogP) is 4.06. The number of aromatic nitrogens is 1. The van der Waals surface area contributed by atoms with Crippen molar-refractivity contribution in [1.29, 1.82) is 0 Å². The van der Waals surface area contributed by atoms with Crippen LogP contribution in [0.3, 0.4) is 0 Å². The molecule has 0 bridgehead atoms.